The summed E-state index contributed by atoms with van der Waals surface area (Å²) in [4.78, 5) is 24.8. The van der Waals surface area contributed by atoms with E-state index in [1.165, 1.54) is 10.6 Å². The van der Waals surface area contributed by atoms with Crippen LogP contribution in [0.5, 0.6) is 0 Å². The van der Waals surface area contributed by atoms with Crippen molar-refractivity contribution in [2.24, 2.45) is 5.73 Å². The molecule has 0 amide bonds. The molecule has 0 aliphatic carbocycles. The average Bonchev–Trinajstić information content (AvgIpc) is 2.47. The van der Waals surface area contributed by atoms with Crippen LogP contribution in [0.25, 0.3) is 0 Å². The molecule has 1 aromatic carbocycles. The predicted octanol–water partition coefficient (Wildman–Crippen LogP) is 0.761. The van der Waals surface area contributed by atoms with Gasteiger partial charge in [-0.2, -0.15) is 0 Å². The molecular weight excluding hydrogens is 274 g/mol. The maximum atomic E-state index is 12.1. The van der Waals surface area contributed by atoms with Crippen molar-refractivity contribution in [3.8, 4) is 0 Å². The zero-order chi connectivity index (χ0) is 14.4. The Morgan fingerprint density at radius 1 is 1.05 bits per heavy atom. The van der Waals surface area contributed by atoms with Crippen molar-refractivity contribution >= 4 is 11.8 Å². The smallest absolute Gasteiger partial charge is 0.329 e. The molecule has 0 radical (unpaired) electrons. The van der Waals surface area contributed by atoms with Gasteiger partial charge in [-0.3, -0.25) is 13.9 Å². The molecule has 0 atom stereocenters. The number of aryl methyl sites for hydroxylation is 1. The Labute approximate surface area is 121 Å². The molecule has 0 aliphatic heterocycles. The summed E-state index contributed by atoms with van der Waals surface area (Å²) in [5, 5.41) is 0. The van der Waals surface area contributed by atoms with Crippen molar-refractivity contribution in [3.05, 3.63) is 63.4 Å². The molecule has 5 nitrogen and oxygen atoms in total. The number of nitrogens with zero attached hydrogens (tertiary/aromatic N) is 2. The predicted molar refractivity (Wildman–Crippen MR) is 81.2 cm³/mol. The Balaban J connectivity index is 2.05. The molecule has 106 valence electrons. The maximum absolute atomic E-state index is 12.1. The van der Waals surface area contributed by atoms with E-state index < -0.39 is 0 Å². The number of hydrogen-bond acceptors (Lipinski definition) is 4. The topological polar surface area (TPSA) is 70.0 Å². The van der Waals surface area contributed by atoms with Gasteiger partial charge in [0.25, 0.3) is 5.56 Å². The summed E-state index contributed by atoms with van der Waals surface area (Å²) in [5.41, 5.74) is 4.82. The summed E-state index contributed by atoms with van der Waals surface area (Å²) < 4.78 is 2.72. The van der Waals surface area contributed by atoms with Crippen molar-refractivity contribution in [1.29, 1.82) is 0 Å². The monoisotopic (exact) mass is 291 g/mol. The van der Waals surface area contributed by atoms with Gasteiger partial charge < -0.3 is 5.73 Å². The summed E-state index contributed by atoms with van der Waals surface area (Å²) in [5.74, 6) is 0.769. The molecule has 2 rings (SSSR count). The second-order valence-corrected chi connectivity index (χ2v) is 5.40. The van der Waals surface area contributed by atoms with Crippen LogP contribution in [0.4, 0.5) is 0 Å². The van der Waals surface area contributed by atoms with Crippen LogP contribution in [0, 0.1) is 0 Å². The van der Waals surface area contributed by atoms with Gasteiger partial charge in [0, 0.05) is 42.5 Å². The molecule has 0 bridgehead atoms. The van der Waals surface area contributed by atoms with Crippen LogP contribution < -0.4 is 17.0 Å². The highest BCUT2D eigenvalue weighted by atomic mass is 32.2. The Bertz CT molecular complexity index is 664. The second kappa shape index (κ2) is 7.12. The third kappa shape index (κ3) is 3.61. The number of rotatable bonds is 6. The summed E-state index contributed by atoms with van der Waals surface area (Å²) >= 11 is 1.68. The highest BCUT2D eigenvalue weighted by Crippen LogP contribution is 2.16. The van der Waals surface area contributed by atoms with Crippen LogP contribution in [0.15, 0.2) is 57.1 Å². The van der Waals surface area contributed by atoms with Crippen molar-refractivity contribution in [2.75, 3.05) is 12.3 Å². The Morgan fingerprint density at radius 2 is 1.80 bits per heavy atom. The lowest BCUT2D eigenvalue weighted by Gasteiger charge is -2.08. The van der Waals surface area contributed by atoms with E-state index in [4.69, 9.17) is 5.73 Å². The lowest BCUT2D eigenvalue weighted by atomic mass is 10.4. The molecule has 0 spiro atoms. The molecule has 1 aromatic heterocycles. The van der Waals surface area contributed by atoms with E-state index in [1.54, 1.807) is 22.5 Å². The molecule has 0 saturated heterocycles. The van der Waals surface area contributed by atoms with E-state index >= 15 is 0 Å². The number of aromatic nitrogens is 2. The zero-order valence-corrected chi connectivity index (χ0v) is 11.9. The van der Waals surface area contributed by atoms with Crippen LogP contribution in [-0.2, 0) is 13.1 Å². The standard InChI is InChI=1S/C14H17N3O2S/c15-7-9-17-13(18)6-8-16(14(17)19)10-11-20-12-4-2-1-3-5-12/h1-6,8H,7,9-11,15H2. The minimum absolute atomic E-state index is 0.254. The highest BCUT2D eigenvalue weighted by molar-refractivity contribution is 7.99. The van der Waals surface area contributed by atoms with Crippen molar-refractivity contribution in [2.45, 2.75) is 18.0 Å². The number of benzene rings is 1. The van der Waals surface area contributed by atoms with E-state index in [0.29, 0.717) is 6.54 Å². The van der Waals surface area contributed by atoms with Gasteiger partial charge in [0.2, 0.25) is 0 Å². The molecule has 0 fully saturated rings. The van der Waals surface area contributed by atoms with E-state index in [2.05, 4.69) is 0 Å². The summed E-state index contributed by atoms with van der Waals surface area (Å²) in [6, 6.07) is 11.4. The molecule has 2 aromatic rings. The molecule has 2 N–H and O–H groups in total. The third-order valence-corrected chi connectivity index (χ3v) is 3.83. The summed E-state index contributed by atoms with van der Waals surface area (Å²) in [6.07, 6.45) is 1.54. The first kappa shape index (κ1) is 14.6. The van der Waals surface area contributed by atoms with Crippen LogP contribution in [-0.4, -0.2) is 21.4 Å². The zero-order valence-electron chi connectivity index (χ0n) is 11.1. The Morgan fingerprint density at radius 3 is 2.50 bits per heavy atom. The van der Waals surface area contributed by atoms with Gasteiger partial charge in [-0.1, -0.05) is 18.2 Å². The van der Waals surface area contributed by atoms with Gasteiger partial charge in [-0.05, 0) is 12.1 Å². The van der Waals surface area contributed by atoms with Gasteiger partial charge in [0.1, 0.15) is 0 Å². The van der Waals surface area contributed by atoms with E-state index in [1.807, 2.05) is 30.3 Å². The number of nitrogens with two attached hydrogens (primary N) is 1. The minimum Gasteiger partial charge on any atom is -0.329 e. The van der Waals surface area contributed by atoms with Crippen LogP contribution in [0.3, 0.4) is 0 Å². The van der Waals surface area contributed by atoms with Gasteiger partial charge >= 0.3 is 5.69 Å². The fourth-order valence-corrected chi connectivity index (χ4v) is 2.71. The minimum atomic E-state index is -0.299. The highest BCUT2D eigenvalue weighted by Gasteiger charge is 2.04. The molecule has 20 heavy (non-hydrogen) atoms. The molecule has 0 saturated carbocycles. The fourth-order valence-electron chi connectivity index (χ4n) is 1.84. The van der Waals surface area contributed by atoms with Crippen LogP contribution in [0.2, 0.25) is 0 Å². The van der Waals surface area contributed by atoms with E-state index in [0.717, 1.165) is 10.6 Å². The number of hydrogen-bond donors (Lipinski definition) is 1. The Kier molecular flexibility index (Phi) is 5.20. The quantitative estimate of drug-likeness (QED) is 0.798. The number of thioether (sulfide) groups is 1. The third-order valence-electron chi connectivity index (χ3n) is 2.84. The average molecular weight is 291 g/mol. The molecule has 0 unspecified atom stereocenters. The van der Waals surface area contributed by atoms with E-state index in [9.17, 15) is 9.59 Å². The van der Waals surface area contributed by atoms with Crippen molar-refractivity contribution < 1.29 is 0 Å². The molecule has 1 heterocycles. The first-order chi connectivity index (χ1) is 9.72. The van der Waals surface area contributed by atoms with Crippen molar-refractivity contribution in [3.63, 3.8) is 0 Å². The lowest BCUT2D eigenvalue weighted by Crippen LogP contribution is -2.40. The molecular formula is C14H17N3O2S. The normalized spacial score (nSPS) is 10.7. The van der Waals surface area contributed by atoms with Crippen LogP contribution >= 0.6 is 11.8 Å². The first-order valence-electron chi connectivity index (χ1n) is 6.40. The molecule has 0 aliphatic rings. The second-order valence-electron chi connectivity index (χ2n) is 4.23. The van der Waals surface area contributed by atoms with Gasteiger partial charge in [0.15, 0.2) is 0 Å². The Hall–Kier alpha value is -1.79. The first-order valence-corrected chi connectivity index (χ1v) is 7.39. The fraction of sp³-hybridized carbons (Fsp3) is 0.286. The van der Waals surface area contributed by atoms with Gasteiger partial charge in [-0.25, -0.2) is 4.79 Å². The van der Waals surface area contributed by atoms with Gasteiger partial charge in [0.05, 0.1) is 0 Å². The molecule has 6 heteroatoms. The maximum Gasteiger partial charge on any atom is 0.331 e. The summed E-state index contributed by atoms with van der Waals surface area (Å²) in [6.45, 7) is 1.09. The van der Waals surface area contributed by atoms with Crippen LogP contribution in [0.1, 0.15) is 0 Å². The van der Waals surface area contributed by atoms with Gasteiger partial charge in [-0.15, -0.1) is 11.8 Å². The van der Waals surface area contributed by atoms with Crippen molar-refractivity contribution in [1.82, 2.24) is 9.13 Å². The largest absolute Gasteiger partial charge is 0.331 e. The lowest BCUT2D eigenvalue weighted by molar-refractivity contribution is 0.573. The summed E-state index contributed by atoms with van der Waals surface area (Å²) in [7, 11) is 0. The SMILES string of the molecule is NCCn1c(=O)ccn(CCSc2ccccc2)c1=O. The van der Waals surface area contributed by atoms with E-state index in [-0.39, 0.29) is 24.3 Å².